The molecular weight excluding hydrogens is 186 g/mol. The summed E-state index contributed by atoms with van der Waals surface area (Å²) in [5.41, 5.74) is 0. The third-order valence-electron chi connectivity index (χ3n) is 1.74. The van der Waals surface area contributed by atoms with Crippen LogP contribution in [0.5, 0.6) is 0 Å². The first kappa shape index (κ1) is 10.8. The average molecular weight is 201 g/mol. The summed E-state index contributed by atoms with van der Waals surface area (Å²) in [7, 11) is 0. The maximum Gasteiger partial charge on any atom is 0.289 e. The van der Waals surface area contributed by atoms with Gasteiger partial charge in [0.25, 0.3) is 5.91 Å². The van der Waals surface area contributed by atoms with E-state index in [1.165, 1.54) is 6.26 Å². The van der Waals surface area contributed by atoms with E-state index in [9.17, 15) is 4.79 Å². The Labute approximate surface area is 82.7 Å². The number of unbranched alkanes of at least 4 members (excludes halogenated alkanes) is 1. The molecule has 1 heterocycles. The first-order chi connectivity index (χ1) is 6.84. The molecule has 0 saturated carbocycles. The molecule has 0 atom stereocenters. The number of rotatable bonds is 5. The van der Waals surface area contributed by atoms with Crippen molar-refractivity contribution in [3.8, 4) is 0 Å². The van der Waals surface area contributed by atoms with Crippen LogP contribution in [-0.4, -0.2) is 37.4 Å². The van der Waals surface area contributed by atoms with E-state index < -0.39 is 0 Å². The Morgan fingerprint density at radius 2 is 2.36 bits per heavy atom. The Kier molecular flexibility index (Phi) is 4.85. The van der Waals surface area contributed by atoms with Crippen LogP contribution in [-0.2, 0) is 14.3 Å². The highest BCUT2D eigenvalue weighted by molar-refractivity contribution is 5.91. The number of amides is 1. The first-order valence-electron chi connectivity index (χ1n) is 4.68. The van der Waals surface area contributed by atoms with Gasteiger partial charge in [0.15, 0.2) is 0 Å². The molecule has 1 amide bonds. The fourth-order valence-electron chi connectivity index (χ4n) is 1.01. The Balaban J connectivity index is 2.17. The molecule has 0 bridgehead atoms. The van der Waals surface area contributed by atoms with Gasteiger partial charge in [-0.3, -0.25) is 4.79 Å². The maximum atomic E-state index is 11.3. The zero-order chi connectivity index (χ0) is 10.2. The van der Waals surface area contributed by atoms with Crippen LogP contribution in [0.3, 0.4) is 0 Å². The van der Waals surface area contributed by atoms with Gasteiger partial charge in [0.2, 0.25) is 5.76 Å². The summed E-state index contributed by atoms with van der Waals surface area (Å²) in [5, 5.41) is 11.2. The largest absolute Gasteiger partial charge is 0.494 e. The van der Waals surface area contributed by atoms with Gasteiger partial charge in [-0.2, -0.15) is 0 Å². The van der Waals surface area contributed by atoms with E-state index in [0.29, 0.717) is 26.2 Å². The predicted molar refractivity (Wildman–Crippen MR) is 49.3 cm³/mol. The van der Waals surface area contributed by atoms with Gasteiger partial charge in [0.05, 0.1) is 0 Å². The van der Waals surface area contributed by atoms with Crippen LogP contribution in [0.1, 0.15) is 12.8 Å². The van der Waals surface area contributed by atoms with Crippen LogP contribution in [0.4, 0.5) is 0 Å². The molecule has 0 fully saturated rings. The molecule has 0 saturated heterocycles. The lowest BCUT2D eigenvalue weighted by molar-refractivity contribution is -0.122. The number of aliphatic hydroxyl groups is 1. The van der Waals surface area contributed by atoms with Crippen molar-refractivity contribution in [1.29, 1.82) is 0 Å². The number of ether oxygens (including phenoxy) is 2. The summed E-state index contributed by atoms with van der Waals surface area (Å²) in [6, 6.07) is 0. The Morgan fingerprint density at radius 3 is 3.00 bits per heavy atom. The van der Waals surface area contributed by atoms with Crippen molar-refractivity contribution in [3.63, 3.8) is 0 Å². The molecule has 0 spiro atoms. The lowest BCUT2D eigenvalue weighted by Gasteiger charge is -2.14. The average Bonchev–Trinajstić information content (AvgIpc) is 2.25. The minimum absolute atomic E-state index is 0.151. The number of carbonyl (C=O) groups is 1. The molecule has 5 nitrogen and oxygen atoms in total. The minimum atomic E-state index is -0.261. The Hall–Kier alpha value is -1.23. The van der Waals surface area contributed by atoms with Crippen molar-refractivity contribution in [2.75, 3.05) is 26.4 Å². The van der Waals surface area contributed by atoms with Gasteiger partial charge in [-0.25, -0.2) is 0 Å². The standard InChI is InChI=1S/C9H15NO4/c11-4-2-1-3-10-9(12)8-7-13-5-6-14-8/h7,11H,1-6H2,(H,10,12). The Morgan fingerprint density at radius 1 is 1.50 bits per heavy atom. The van der Waals surface area contributed by atoms with E-state index in [1.807, 2.05) is 0 Å². The van der Waals surface area contributed by atoms with Crippen LogP contribution in [0.15, 0.2) is 12.0 Å². The number of aliphatic hydroxyl groups excluding tert-OH is 1. The highest BCUT2D eigenvalue weighted by atomic mass is 16.6. The third-order valence-corrected chi connectivity index (χ3v) is 1.74. The van der Waals surface area contributed by atoms with E-state index in [4.69, 9.17) is 14.6 Å². The van der Waals surface area contributed by atoms with E-state index in [2.05, 4.69) is 5.32 Å². The molecule has 5 heteroatoms. The summed E-state index contributed by atoms with van der Waals surface area (Å²) in [5.74, 6) is -0.0390. The van der Waals surface area contributed by atoms with Crippen LogP contribution in [0.25, 0.3) is 0 Å². The van der Waals surface area contributed by atoms with Crippen molar-refractivity contribution in [1.82, 2.24) is 5.32 Å². The van der Waals surface area contributed by atoms with Gasteiger partial charge in [-0.1, -0.05) is 0 Å². The van der Waals surface area contributed by atoms with Crippen LogP contribution in [0.2, 0.25) is 0 Å². The third kappa shape index (κ3) is 3.66. The van der Waals surface area contributed by atoms with Crippen molar-refractivity contribution < 1.29 is 19.4 Å². The normalized spacial score (nSPS) is 15.1. The topological polar surface area (TPSA) is 67.8 Å². The molecule has 0 aromatic heterocycles. The van der Waals surface area contributed by atoms with Gasteiger partial charge < -0.3 is 19.9 Å². The lowest BCUT2D eigenvalue weighted by atomic mass is 10.3. The molecule has 80 valence electrons. The molecule has 1 aliphatic heterocycles. The van der Waals surface area contributed by atoms with Gasteiger partial charge in [0, 0.05) is 13.2 Å². The second kappa shape index (κ2) is 6.26. The SMILES string of the molecule is O=C(NCCCCO)C1=COCCO1. The van der Waals surface area contributed by atoms with Crippen LogP contribution >= 0.6 is 0 Å². The summed E-state index contributed by atoms with van der Waals surface area (Å²) in [4.78, 5) is 11.3. The van der Waals surface area contributed by atoms with Gasteiger partial charge in [-0.05, 0) is 12.8 Å². The zero-order valence-electron chi connectivity index (χ0n) is 7.99. The molecule has 1 rings (SSSR count). The summed E-state index contributed by atoms with van der Waals surface area (Å²) in [6.45, 7) is 1.59. The quantitative estimate of drug-likeness (QED) is 0.602. The molecule has 0 radical (unpaired) electrons. The highest BCUT2D eigenvalue weighted by Gasteiger charge is 2.13. The molecule has 1 aliphatic rings. The molecule has 14 heavy (non-hydrogen) atoms. The van der Waals surface area contributed by atoms with Crippen molar-refractivity contribution in [2.24, 2.45) is 0 Å². The fraction of sp³-hybridized carbons (Fsp3) is 0.667. The van der Waals surface area contributed by atoms with Gasteiger partial charge >= 0.3 is 0 Å². The summed E-state index contributed by atoms with van der Waals surface area (Å²) in [6.07, 6.45) is 2.78. The summed E-state index contributed by atoms with van der Waals surface area (Å²) < 4.78 is 10.0. The molecule has 2 N–H and O–H groups in total. The van der Waals surface area contributed by atoms with Crippen LogP contribution in [0, 0.1) is 0 Å². The lowest BCUT2D eigenvalue weighted by Crippen LogP contribution is -2.29. The number of hydrogen-bond acceptors (Lipinski definition) is 4. The number of carbonyl (C=O) groups excluding carboxylic acids is 1. The monoisotopic (exact) mass is 201 g/mol. The first-order valence-corrected chi connectivity index (χ1v) is 4.68. The van der Waals surface area contributed by atoms with Crippen molar-refractivity contribution >= 4 is 5.91 Å². The minimum Gasteiger partial charge on any atom is -0.494 e. The van der Waals surface area contributed by atoms with E-state index in [0.717, 1.165) is 6.42 Å². The smallest absolute Gasteiger partial charge is 0.289 e. The molecule has 0 unspecified atom stereocenters. The van der Waals surface area contributed by atoms with Crippen molar-refractivity contribution in [3.05, 3.63) is 12.0 Å². The molecule has 0 aromatic rings. The highest BCUT2D eigenvalue weighted by Crippen LogP contribution is 2.03. The van der Waals surface area contributed by atoms with Gasteiger partial charge in [0.1, 0.15) is 19.5 Å². The Bertz CT molecular complexity index is 215. The van der Waals surface area contributed by atoms with E-state index >= 15 is 0 Å². The predicted octanol–water partition coefficient (Wildman–Crippen LogP) is -0.237. The summed E-state index contributed by atoms with van der Waals surface area (Å²) >= 11 is 0. The number of nitrogens with one attached hydrogen (secondary N) is 1. The van der Waals surface area contributed by atoms with Crippen molar-refractivity contribution in [2.45, 2.75) is 12.8 Å². The molecular formula is C9H15NO4. The molecule has 0 aromatic carbocycles. The maximum absolute atomic E-state index is 11.3. The second-order valence-electron chi connectivity index (χ2n) is 2.89. The zero-order valence-corrected chi connectivity index (χ0v) is 7.99. The number of hydrogen-bond donors (Lipinski definition) is 2. The van der Waals surface area contributed by atoms with E-state index in [1.54, 1.807) is 0 Å². The van der Waals surface area contributed by atoms with Crippen LogP contribution < -0.4 is 5.32 Å². The molecule has 0 aliphatic carbocycles. The van der Waals surface area contributed by atoms with E-state index in [-0.39, 0.29) is 18.3 Å². The second-order valence-corrected chi connectivity index (χ2v) is 2.89. The fourth-order valence-corrected chi connectivity index (χ4v) is 1.01. The van der Waals surface area contributed by atoms with Gasteiger partial charge in [-0.15, -0.1) is 0 Å².